The van der Waals surface area contributed by atoms with Gasteiger partial charge in [-0.2, -0.15) is 0 Å². The first kappa shape index (κ1) is 19.8. The molecular weight excluding hydrogens is 364 g/mol. The highest BCUT2D eigenvalue weighted by molar-refractivity contribution is 5.81. The molecule has 4 rings (SSSR count). The smallest absolute Gasteiger partial charge is 0.124 e. The Labute approximate surface area is 171 Å². The Hall–Kier alpha value is -2.47. The number of hydrogen-bond donors (Lipinski definition) is 2. The molecule has 0 aliphatic carbocycles. The van der Waals surface area contributed by atoms with Crippen LogP contribution in [0.5, 0.6) is 5.75 Å². The largest absolute Gasteiger partial charge is 0.494 e. The maximum absolute atomic E-state index is 10.7. The average Bonchev–Trinajstić information content (AvgIpc) is 3.08. The van der Waals surface area contributed by atoms with Gasteiger partial charge in [0.15, 0.2) is 0 Å². The predicted octanol–water partition coefficient (Wildman–Crippen LogP) is 3.16. The van der Waals surface area contributed by atoms with Crippen LogP contribution in [0.4, 0.5) is 0 Å². The average molecular weight is 392 g/mol. The van der Waals surface area contributed by atoms with Crippen molar-refractivity contribution < 1.29 is 14.9 Å². The van der Waals surface area contributed by atoms with E-state index in [1.54, 1.807) is 0 Å². The summed E-state index contributed by atoms with van der Waals surface area (Å²) in [5.74, 6) is 0.934. The number of ether oxygens (including phenoxy) is 1. The first-order valence-electron chi connectivity index (χ1n) is 10.3. The fourth-order valence-electron chi connectivity index (χ4n) is 4.30. The third kappa shape index (κ3) is 4.42. The molecule has 1 aliphatic rings. The third-order valence-electron chi connectivity index (χ3n) is 5.70. The molecule has 2 atom stereocenters. The summed E-state index contributed by atoms with van der Waals surface area (Å²) in [6.07, 6.45) is 2.35. The number of pyridine rings is 1. The van der Waals surface area contributed by atoms with Crippen LogP contribution in [-0.4, -0.2) is 45.9 Å². The standard InChI is InChI=1S/C24H28N2O3/c1-2-29-24-8-7-17(11-20(24)16-27)13-26-14-19(23(28)15-26)12-18-9-10-25-22-6-4-3-5-21(18)22/h3-11,19,23,27-28H,2,12-16H2,1H3/t19-,23+/m1/s1. The second-order valence-corrected chi connectivity index (χ2v) is 7.75. The molecule has 2 heterocycles. The molecule has 5 heteroatoms. The predicted molar refractivity (Wildman–Crippen MR) is 114 cm³/mol. The molecule has 1 aliphatic heterocycles. The van der Waals surface area contributed by atoms with Gasteiger partial charge in [-0.3, -0.25) is 9.88 Å². The van der Waals surface area contributed by atoms with Crippen molar-refractivity contribution in [2.45, 2.75) is 32.6 Å². The third-order valence-corrected chi connectivity index (χ3v) is 5.70. The molecule has 0 spiro atoms. The minimum absolute atomic E-state index is 0.0382. The Bertz CT molecular complexity index is 970. The maximum atomic E-state index is 10.7. The molecule has 1 saturated heterocycles. The van der Waals surface area contributed by atoms with Gasteiger partial charge < -0.3 is 14.9 Å². The zero-order valence-corrected chi connectivity index (χ0v) is 16.8. The summed E-state index contributed by atoms with van der Waals surface area (Å²) in [5, 5.41) is 21.5. The summed E-state index contributed by atoms with van der Waals surface area (Å²) in [4.78, 5) is 6.73. The van der Waals surface area contributed by atoms with Crippen molar-refractivity contribution in [3.8, 4) is 5.75 Å². The molecule has 0 saturated carbocycles. The van der Waals surface area contributed by atoms with Crippen molar-refractivity contribution >= 4 is 10.9 Å². The van der Waals surface area contributed by atoms with Crippen LogP contribution in [0, 0.1) is 5.92 Å². The lowest BCUT2D eigenvalue weighted by Crippen LogP contribution is -2.21. The number of nitrogens with zero attached hydrogens (tertiary/aromatic N) is 2. The van der Waals surface area contributed by atoms with Crippen molar-refractivity contribution in [2.75, 3.05) is 19.7 Å². The number of rotatable bonds is 7. The Morgan fingerprint density at radius 3 is 2.79 bits per heavy atom. The SMILES string of the molecule is CCOc1ccc(CN2C[C@@H](Cc3ccnc4ccccc34)[C@@H](O)C2)cc1CO. The zero-order chi connectivity index (χ0) is 20.2. The monoisotopic (exact) mass is 392 g/mol. The minimum atomic E-state index is -0.345. The molecule has 2 aromatic carbocycles. The van der Waals surface area contributed by atoms with Crippen LogP contribution in [-0.2, 0) is 19.6 Å². The number of benzene rings is 2. The van der Waals surface area contributed by atoms with E-state index in [0.29, 0.717) is 13.2 Å². The van der Waals surface area contributed by atoms with E-state index in [0.717, 1.165) is 41.9 Å². The van der Waals surface area contributed by atoms with Gasteiger partial charge in [-0.15, -0.1) is 0 Å². The molecule has 0 bridgehead atoms. The summed E-state index contributed by atoms with van der Waals surface area (Å²) in [5.41, 5.74) is 4.18. The van der Waals surface area contributed by atoms with Crippen molar-refractivity contribution in [1.82, 2.24) is 9.88 Å². The highest BCUT2D eigenvalue weighted by atomic mass is 16.5. The van der Waals surface area contributed by atoms with Crippen LogP contribution in [0.15, 0.2) is 54.7 Å². The van der Waals surface area contributed by atoms with Crippen molar-refractivity contribution in [1.29, 1.82) is 0 Å². The lowest BCUT2D eigenvalue weighted by Gasteiger charge is -2.17. The Morgan fingerprint density at radius 1 is 1.10 bits per heavy atom. The number of aromatic nitrogens is 1. The first-order chi connectivity index (χ1) is 14.2. The van der Waals surface area contributed by atoms with Gasteiger partial charge in [-0.05, 0) is 48.7 Å². The van der Waals surface area contributed by atoms with Crippen LogP contribution in [0.3, 0.4) is 0 Å². The van der Waals surface area contributed by atoms with E-state index in [9.17, 15) is 10.2 Å². The molecular formula is C24H28N2O3. The molecule has 152 valence electrons. The van der Waals surface area contributed by atoms with Gasteiger partial charge in [0.25, 0.3) is 0 Å². The van der Waals surface area contributed by atoms with E-state index < -0.39 is 0 Å². The lowest BCUT2D eigenvalue weighted by molar-refractivity contribution is 0.141. The van der Waals surface area contributed by atoms with Crippen LogP contribution in [0.25, 0.3) is 10.9 Å². The molecule has 5 nitrogen and oxygen atoms in total. The number of aliphatic hydroxyl groups is 2. The number of aliphatic hydroxyl groups excluding tert-OH is 2. The van der Waals surface area contributed by atoms with Gasteiger partial charge >= 0.3 is 0 Å². The van der Waals surface area contributed by atoms with Crippen LogP contribution >= 0.6 is 0 Å². The lowest BCUT2D eigenvalue weighted by atomic mass is 9.94. The summed E-state index contributed by atoms with van der Waals surface area (Å²) in [6, 6.07) is 16.2. The first-order valence-corrected chi connectivity index (χ1v) is 10.3. The summed E-state index contributed by atoms with van der Waals surface area (Å²) < 4.78 is 5.57. The highest BCUT2D eigenvalue weighted by Gasteiger charge is 2.31. The molecule has 3 aromatic rings. The summed E-state index contributed by atoms with van der Waals surface area (Å²) in [7, 11) is 0. The van der Waals surface area contributed by atoms with E-state index >= 15 is 0 Å². The van der Waals surface area contributed by atoms with E-state index in [2.05, 4.69) is 22.0 Å². The van der Waals surface area contributed by atoms with E-state index in [1.807, 2.05) is 49.5 Å². The van der Waals surface area contributed by atoms with Crippen LogP contribution in [0.1, 0.15) is 23.6 Å². The topological polar surface area (TPSA) is 65.8 Å². The Morgan fingerprint density at radius 2 is 1.97 bits per heavy atom. The van der Waals surface area contributed by atoms with Crippen molar-refractivity contribution in [3.63, 3.8) is 0 Å². The van der Waals surface area contributed by atoms with Crippen LogP contribution < -0.4 is 4.74 Å². The highest BCUT2D eigenvalue weighted by Crippen LogP contribution is 2.27. The molecule has 0 radical (unpaired) electrons. The molecule has 0 unspecified atom stereocenters. The fourth-order valence-corrected chi connectivity index (χ4v) is 4.30. The van der Waals surface area contributed by atoms with Gasteiger partial charge in [0, 0.05) is 42.7 Å². The number of hydrogen-bond acceptors (Lipinski definition) is 5. The van der Waals surface area contributed by atoms with Gasteiger partial charge in [0.2, 0.25) is 0 Å². The normalized spacial score (nSPS) is 19.7. The van der Waals surface area contributed by atoms with Gasteiger partial charge in [-0.25, -0.2) is 0 Å². The number of β-amino-alcohol motifs (C(OH)–C–C–N with tert-alkyl or cyclic N) is 1. The number of fused-ring (bicyclic) bond motifs is 1. The Kier molecular flexibility index (Phi) is 6.09. The van der Waals surface area contributed by atoms with Gasteiger partial charge in [0.05, 0.1) is 24.8 Å². The van der Waals surface area contributed by atoms with E-state index in [1.165, 1.54) is 10.9 Å². The number of para-hydroxylation sites is 1. The minimum Gasteiger partial charge on any atom is -0.494 e. The summed E-state index contributed by atoms with van der Waals surface area (Å²) in [6.45, 7) is 4.74. The van der Waals surface area contributed by atoms with Gasteiger partial charge in [0.1, 0.15) is 5.75 Å². The molecule has 29 heavy (non-hydrogen) atoms. The molecule has 1 aromatic heterocycles. The quantitative estimate of drug-likeness (QED) is 0.647. The van der Waals surface area contributed by atoms with Crippen LogP contribution in [0.2, 0.25) is 0 Å². The fraction of sp³-hybridized carbons (Fsp3) is 0.375. The summed E-state index contributed by atoms with van der Waals surface area (Å²) >= 11 is 0. The Balaban J connectivity index is 1.45. The van der Waals surface area contributed by atoms with E-state index in [4.69, 9.17) is 4.74 Å². The van der Waals surface area contributed by atoms with Crippen molar-refractivity contribution in [2.24, 2.45) is 5.92 Å². The van der Waals surface area contributed by atoms with Crippen molar-refractivity contribution in [3.05, 3.63) is 71.4 Å². The molecule has 2 N–H and O–H groups in total. The zero-order valence-electron chi connectivity index (χ0n) is 16.8. The number of likely N-dealkylation sites (tertiary alicyclic amines) is 1. The molecule has 0 amide bonds. The van der Waals surface area contributed by atoms with E-state index in [-0.39, 0.29) is 18.6 Å². The maximum Gasteiger partial charge on any atom is 0.124 e. The second-order valence-electron chi connectivity index (χ2n) is 7.75. The molecule has 1 fully saturated rings. The van der Waals surface area contributed by atoms with Gasteiger partial charge in [-0.1, -0.05) is 24.3 Å². The second kappa shape index (κ2) is 8.91.